The molecule has 2 aromatic carbocycles. The van der Waals surface area contributed by atoms with E-state index < -0.39 is 6.04 Å². The summed E-state index contributed by atoms with van der Waals surface area (Å²) in [6.07, 6.45) is 7.25. The van der Waals surface area contributed by atoms with Gasteiger partial charge in [-0.2, -0.15) is 0 Å². The number of amides is 2. The molecule has 0 fully saturated rings. The quantitative estimate of drug-likeness (QED) is 0.364. The topological polar surface area (TPSA) is 62.3 Å². The van der Waals surface area contributed by atoms with Gasteiger partial charge in [-0.05, 0) is 67.1 Å². The van der Waals surface area contributed by atoms with Crippen molar-refractivity contribution >= 4 is 35.0 Å². The Bertz CT molecular complexity index is 1100. The van der Waals surface area contributed by atoms with Gasteiger partial charge >= 0.3 is 0 Å². The van der Waals surface area contributed by atoms with Gasteiger partial charge in [0.2, 0.25) is 0 Å². The van der Waals surface area contributed by atoms with Gasteiger partial charge in [-0.25, -0.2) is 0 Å². The van der Waals surface area contributed by atoms with Crippen LogP contribution >= 0.6 is 11.8 Å². The van der Waals surface area contributed by atoms with Gasteiger partial charge < -0.3 is 5.32 Å². The van der Waals surface area contributed by atoms with Gasteiger partial charge in [0.25, 0.3) is 11.8 Å². The van der Waals surface area contributed by atoms with E-state index in [9.17, 15) is 9.59 Å². The molecule has 0 saturated heterocycles. The Kier molecular flexibility index (Phi) is 7.84. The lowest BCUT2D eigenvalue weighted by Gasteiger charge is -2.31. The van der Waals surface area contributed by atoms with Crippen LogP contribution in [0.25, 0.3) is 0 Å². The Morgan fingerprint density at radius 1 is 1.16 bits per heavy atom. The number of rotatable bonds is 8. The van der Waals surface area contributed by atoms with Gasteiger partial charge in [0.05, 0.1) is 0 Å². The number of carbonyl (C=O) groups excluding carboxylic acids is 2. The summed E-state index contributed by atoms with van der Waals surface area (Å²) in [6, 6.07) is 16.1. The molecule has 2 amide bonds. The summed E-state index contributed by atoms with van der Waals surface area (Å²) in [7, 11) is 0. The molecule has 5 nitrogen and oxygen atoms in total. The molecule has 0 saturated carbocycles. The van der Waals surface area contributed by atoms with Crippen molar-refractivity contribution in [3.8, 4) is 0 Å². The molecule has 164 valence electrons. The number of benzene rings is 2. The molecule has 3 aromatic rings. The minimum absolute atomic E-state index is 0.314. The number of pyridine rings is 1. The Morgan fingerprint density at radius 2 is 1.91 bits per heavy atom. The van der Waals surface area contributed by atoms with Crippen LogP contribution in [0.15, 0.2) is 84.5 Å². The first-order valence-corrected chi connectivity index (χ1v) is 11.6. The lowest BCUT2D eigenvalue weighted by Crippen LogP contribution is -2.41. The number of carbonyl (C=O) groups is 2. The predicted molar refractivity (Wildman–Crippen MR) is 132 cm³/mol. The Labute approximate surface area is 193 Å². The van der Waals surface area contributed by atoms with Crippen LogP contribution in [-0.4, -0.2) is 23.1 Å². The first kappa shape index (κ1) is 23.3. The molecule has 0 aliphatic carbocycles. The van der Waals surface area contributed by atoms with Crippen LogP contribution in [0, 0.1) is 6.92 Å². The number of nitrogens with one attached hydrogen (secondary N) is 1. The molecule has 0 aliphatic rings. The van der Waals surface area contributed by atoms with Gasteiger partial charge in [0.15, 0.2) is 0 Å². The number of nitrogens with zero attached hydrogens (tertiary/aromatic N) is 2. The predicted octanol–water partition coefficient (Wildman–Crippen LogP) is 5.57. The lowest BCUT2D eigenvalue weighted by atomic mass is 10.0. The molecule has 1 aromatic heterocycles. The molecule has 1 N–H and O–H groups in total. The van der Waals surface area contributed by atoms with E-state index >= 15 is 0 Å². The zero-order valence-corrected chi connectivity index (χ0v) is 19.4. The number of para-hydroxylation sites is 1. The summed E-state index contributed by atoms with van der Waals surface area (Å²) in [5.74, 6) is -0.683. The van der Waals surface area contributed by atoms with Gasteiger partial charge in [-0.1, -0.05) is 37.8 Å². The Morgan fingerprint density at radius 3 is 2.50 bits per heavy atom. The highest BCUT2D eigenvalue weighted by atomic mass is 32.2. The maximum Gasteiger partial charge on any atom is 0.252 e. The largest absolute Gasteiger partial charge is 0.323 e. The molecular formula is C26H27N3O2S. The monoisotopic (exact) mass is 445 g/mol. The van der Waals surface area contributed by atoms with Crippen molar-refractivity contribution < 1.29 is 9.59 Å². The second-order valence-corrected chi connectivity index (χ2v) is 8.13. The van der Waals surface area contributed by atoms with E-state index in [1.165, 1.54) is 11.0 Å². The molecule has 1 atom stereocenters. The maximum absolute atomic E-state index is 13.7. The van der Waals surface area contributed by atoms with Crippen LogP contribution in [0.5, 0.6) is 0 Å². The molecule has 0 spiro atoms. The molecule has 6 heteroatoms. The first-order valence-electron chi connectivity index (χ1n) is 10.4. The standard InChI is InChI=1S/C26H27N3O2S/c1-5-19-10-7-9-18(3)24(19)28-26(31)25(20-11-8-16-27-17-20)29(23(30)6-2)21-12-14-22(32-4)15-13-21/h6-17,25H,2,5H2,1,3-4H3,(H,28,31). The third-order valence-corrected chi connectivity index (χ3v) is 6.00. The second-order valence-electron chi connectivity index (χ2n) is 7.25. The number of hydrogen-bond donors (Lipinski definition) is 1. The molecule has 0 bridgehead atoms. The number of anilines is 2. The molecule has 0 aliphatic heterocycles. The highest BCUT2D eigenvalue weighted by Gasteiger charge is 2.32. The van der Waals surface area contributed by atoms with Crippen molar-refractivity contribution in [1.82, 2.24) is 4.98 Å². The molecular weight excluding hydrogens is 418 g/mol. The third kappa shape index (κ3) is 5.08. The van der Waals surface area contributed by atoms with Crippen molar-refractivity contribution in [1.29, 1.82) is 0 Å². The summed E-state index contributed by atoms with van der Waals surface area (Å²) in [5.41, 5.74) is 4.00. The summed E-state index contributed by atoms with van der Waals surface area (Å²) >= 11 is 1.61. The summed E-state index contributed by atoms with van der Waals surface area (Å²) in [5, 5.41) is 3.08. The normalized spacial score (nSPS) is 11.5. The third-order valence-electron chi connectivity index (χ3n) is 5.26. The highest BCUT2D eigenvalue weighted by Crippen LogP contribution is 2.31. The van der Waals surface area contributed by atoms with Crippen molar-refractivity contribution in [2.24, 2.45) is 0 Å². The highest BCUT2D eigenvalue weighted by molar-refractivity contribution is 7.98. The molecule has 32 heavy (non-hydrogen) atoms. The van der Waals surface area contributed by atoms with Crippen LogP contribution in [-0.2, 0) is 16.0 Å². The minimum atomic E-state index is -0.918. The van der Waals surface area contributed by atoms with Crippen LogP contribution in [0.3, 0.4) is 0 Å². The van der Waals surface area contributed by atoms with Crippen LogP contribution < -0.4 is 10.2 Å². The van der Waals surface area contributed by atoms with Crippen LogP contribution in [0.1, 0.15) is 29.7 Å². The number of hydrogen-bond acceptors (Lipinski definition) is 4. The van der Waals surface area contributed by atoms with E-state index in [4.69, 9.17) is 0 Å². The van der Waals surface area contributed by atoms with Crippen molar-refractivity contribution in [2.75, 3.05) is 16.5 Å². The van der Waals surface area contributed by atoms with Crippen molar-refractivity contribution in [3.05, 3.63) is 96.3 Å². The zero-order valence-electron chi connectivity index (χ0n) is 18.5. The summed E-state index contributed by atoms with van der Waals surface area (Å²) in [6.45, 7) is 7.66. The number of aryl methyl sites for hydroxylation is 2. The van der Waals surface area contributed by atoms with E-state index in [0.29, 0.717) is 11.3 Å². The Balaban J connectivity index is 2.10. The second kappa shape index (κ2) is 10.8. The summed E-state index contributed by atoms with van der Waals surface area (Å²) in [4.78, 5) is 33.5. The zero-order chi connectivity index (χ0) is 23.1. The average molecular weight is 446 g/mol. The van der Waals surface area contributed by atoms with E-state index in [2.05, 4.69) is 16.9 Å². The first-order chi connectivity index (χ1) is 15.5. The van der Waals surface area contributed by atoms with Crippen molar-refractivity contribution in [3.63, 3.8) is 0 Å². The average Bonchev–Trinajstić information content (AvgIpc) is 2.83. The van der Waals surface area contributed by atoms with E-state index in [1.807, 2.05) is 62.6 Å². The molecule has 3 rings (SSSR count). The van der Waals surface area contributed by atoms with E-state index in [0.717, 1.165) is 28.1 Å². The Hall–Kier alpha value is -3.38. The maximum atomic E-state index is 13.7. The van der Waals surface area contributed by atoms with Crippen molar-refractivity contribution in [2.45, 2.75) is 31.2 Å². The smallest absolute Gasteiger partial charge is 0.252 e. The minimum Gasteiger partial charge on any atom is -0.323 e. The lowest BCUT2D eigenvalue weighted by molar-refractivity contribution is -0.121. The fraction of sp³-hybridized carbons (Fsp3) is 0.192. The van der Waals surface area contributed by atoms with Crippen LogP contribution in [0.2, 0.25) is 0 Å². The van der Waals surface area contributed by atoms with Gasteiger partial charge in [0, 0.05) is 34.2 Å². The summed E-state index contributed by atoms with van der Waals surface area (Å²) < 4.78 is 0. The molecule has 1 heterocycles. The van der Waals surface area contributed by atoms with Crippen LogP contribution in [0.4, 0.5) is 11.4 Å². The number of thioether (sulfide) groups is 1. The van der Waals surface area contributed by atoms with Gasteiger partial charge in [-0.15, -0.1) is 11.8 Å². The SMILES string of the molecule is C=CC(=O)N(c1ccc(SC)cc1)C(C(=O)Nc1c(C)cccc1CC)c1cccnc1. The van der Waals surface area contributed by atoms with Gasteiger partial charge in [-0.3, -0.25) is 19.5 Å². The number of aromatic nitrogens is 1. The molecule has 1 unspecified atom stereocenters. The molecule has 0 radical (unpaired) electrons. The fourth-order valence-electron chi connectivity index (χ4n) is 3.59. The van der Waals surface area contributed by atoms with E-state index in [1.54, 1.807) is 36.3 Å². The van der Waals surface area contributed by atoms with E-state index in [-0.39, 0.29) is 11.8 Å². The van der Waals surface area contributed by atoms with Gasteiger partial charge in [0.1, 0.15) is 6.04 Å². The fourth-order valence-corrected chi connectivity index (χ4v) is 4.00.